The van der Waals surface area contributed by atoms with Gasteiger partial charge in [-0.1, -0.05) is 0 Å². The molecule has 0 fully saturated rings. The highest BCUT2D eigenvalue weighted by atomic mass is 127. The highest BCUT2D eigenvalue weighted by Crippen LogP contribution is 2.27. The molecule has 0 atom stereocenters. The fourth-order valence-electron chi connectivity index (χ4n) is 0.921. The van der Waals surface area contributed by atoms with E-state index in [1.807, 2.05) is 6.07 Å². The predicted octanol–water partition coefficient (Wildman–Crippen LogP) is 3.23. The molecule has 0 unspecified atom stereocenters. The summed E-state index contributed by atoms with van der Waals surface area (Å²) in [4.78, 5) is 3.52. The number of halogens is 4. The van der Waals surface area contributed by atoms with E-state index in [1.165, 1.54) is 0 Å². The topological polar surface area (TPSA) is 36.7 Å². The van der Waals surface area contributed by atoms with Gasteiger partial charge in [0.1, 0.15) is 11.8 Å². The minimum absolute atomic E-state index is 0.0312. The summed E-state index contributed by atoms with van der Waals surface area (Å²) < 4.78 is 25.0. The number of hydrogen-bond donors (Lipinski definition) is 0. The van der Waals surface area contributed by atoms with Gasteiger partial charge in [0, 0.05) is 21.2 Å². The Morgan fingerprint density at radius 2 is 2.29 bits per heavy atom. The van der Waals surface area contributed by atoms with E-state index < -0.39 is 6.43 Å². The lowest BCUT2D eigenvalue weighted by molar-refractivity contribution is 0.145. The molecule has 74 valence electrons. The van der Waals surface area contributed by atoms with E-state index in [2.05, 4.69) is 4.98 Å². The molecule has 6 heteroatoms. The Morgan fingerprint density at radius 3 is 2.71 bits per heavy atom. The molecule has 0 spiro atoms. The van der Waals surface area contributed by atoms with Crippen molar-refractivity contribution in [1.29, 1.82) is 5.26 Å². The second-order valence-electron chi connectivity index (χ2n) is 2.40. The van der Waals surface area contributed by atoms with Crippen molar-refractivity contribution in [2.24, 2.45) is 0 Å². The summed E-state index contributed by atoms with van der Waals surface area (Å²) in [6.07, 6.45) is -1.52. The standard InChI is InChI=1S/C8H4ClF2IN2/c9-1-5-4(2-13)3-14-7(6(5)12)8(10)11/h3,8H,1H2. The zero-order chi connectivity index (χ0) is 10.7. The monoisotopic (exact) mass is 328 g/mol. The molecule has 1 aromatic heterocycles. The van der Waals surface area contributed by atoms with E-state index in [9.17, 15) is 8.78 Å². The summed E-state index contributed by atoms with van der Waals surface area (Å²) in [6.45, 7) is 0. The van der Waals surface area contributed by atoms with Gasteiger partial charge in [0.05, 0.1) is 5.56 Å². The Morgan fingerprint density at radius 1 is 1.64 bits per heavy atom. The van der Waals surface area contributed by atoms with E-state index in [1.54, 1.807) is 22.6 Å². The highest BCUT2D eigenvalue weighted by Gasteiger charge is 2.18. The predicted molar refractivity (Wildman–Crippen MR) is 56.2 cm³/mol. The third kappa shape index (κ3) is 2.12. The van der Waals surface area contributed by atoms with Crippen LogP contribution in [0.5, 0.6) is 0 Å². The van der Waals surface area contributed by atoms with Crippen molar-refractivity contribution in [1.82, 2.24) is 4.98 Å². The summed E-state index contributed by atoms with van der Waals surface area (Å²) in [5.74, 6) is 0.0312. The van der Waals surface area contributed by atoms with Crippen LogP contribution in [0.3, 0.4) is 0 Å². The number of alkyl halides is 3. The number of hydrogen-bond acceptors (Lipinski definition) is 2. The van der Waals surface area contributed by atoms with Gasteiger partial charge in [-0.15, -0.1) is 11.6 Å². The van der Waals surface area contributed by atoms with Gasteiger partial charge in [-0.3, -0.25) is 4.98 Å². The van der Waals surface area contributed by atoms with E-state index >= 15 is 0 Å². The van der Waals surface area contributed by atoms with Crippen molar-refractivity contribution in [3.8, 4) is 6.07 Å². The molecular formula is C8H4ClF2IN2. The SMILES string of the molecule is N#Cc1cnc(C(F)F)c(I)c1CCl. The number of nitrogens with zero attached hydrogens (tertiary/aromatic N) is 2. The van der Waals surface area contributed by atoms with Crippen LogP contribution in [0.1, 0.15) is 23.2 Å². The minimum atomic E-state index is -2.64. The quantitative estimate of drug-likeness (QED) is 0.617. The molecule has 0 aromatic carbocycles. The molecule has 0 aliphatic rings. The fraction of sp³-hybridized carbons (Fsp3) is 0.250. The largest absolute Gasteiger partial charge is 0.281 e. The Labute approximate surface area is 98.0 Å². The second kappa shape index (κ2) is 4.84. The smallest absolute Gasteiger partial charge is 0.253 e. The van der Waals surface area contributed by atoms with E-state index in [-0.39, 0.29) is 20.7 Å². The zero-order valence-electron chi connectivity index (χ0n) is 6.77. The van der Waals surface area contributed by atoms with Crippen LogP contribution in [0, 0.1) is 14.9 Å². The molecule has 0 radical (unpaired) electrons. The van der Waals surface area contributed by atoms with Crippen LogP contribution in [-0.2, 0) is 5.88 Å². The van der Waals surface area contributed by atoms with Crippen LogP contribution in [0.15, 0.2) is 6.20 Å². The molecule has 0 N–H and O–H groups in total. The van der Waals surface area contributed by atoms with Gasteiger partial charge >= 0.3 is 0 Å². The Balaban J connectivity index is 3.37. The molecule has 2 nitrogen and oxygen atoms in total. The van der Waals surface area contributed by atoms with Gasteiger partial charge in [-0.2, -0.15) is 5.26 Å². The van der Waals surface area contributed by atoms with Crippen LogP contribution in [-0.4, -0.2) is 4.98 Å². The van der Waals surface area contributed by atoms with Gasteiger partial charge in [0.2, 0.25) is 0 Å². The van der Waals surface area contributed by atoms with Crippen molar-refractivity contribution in [2.75, 3.05) is 0 Å². The van der Waals surface area contributed by atoms with Crippen LogP contribution in [0.4, 0.5) is 8.78 Å². The number of rotatable bonds is 2. The maximum atomic E-state index is 12.4. The average Bonchev–Trinajstić information content (AvgIpc) is 2.16. The first-order valence-electron chi connectivity index (χ1n) is 3.53. The molecule has 0 aliphatic heterocycles. The summed E-state index contributed by atoms with van der Waals surface area (Å²) in [6, 6.07) is 1.86. The van der Waals surface area contributed by atoms with E-state index in [4.69, 9.17) is 16.9 Å². The summed E-state index contributed by atoms with van der Waals surface area (Å²) >= 11 is 7.29. The van der Waals surface area contributed by atoms with Crippen LogP contribution < -0.4 is 0 Å². The molecule has 0 amide bonds. The molecule has 0 aliphatic carbocycles. The lowest BCUT2D eigenvalue weighted by atomic mass is 10.1. The molecule has 0 saturated carbocycles. The van der Waals surface area contributed by atoms with Crippen molar-refractivity contribution >= 4 is 34.2 Å². The van der Waals surface area contributed by atoms with Crippen LogP contribution >= 0.6 is 34.2 Å². The Kier molecular flexibility index (Phi) is 4.01. The van der Waals surface area contributed by atoms with E-state index in [0.717, 1.165) is 6.20 Å². The first-order chi connectivity index (χ1) is 6.61. The summed E-state index contributed by atoms with van der Waals surface area (Å²) in [7, 11) is 0. The number of aromatic nitrogens is 1. The molecule has 1 heterocycles. The van der Waals surface area contributed by atoms with Crippen molar-refractivity contribution in [2.45, 2.75) is 12.3 Å². The first kappa shape index (κ1) is 11.6. The number of nitriles is 1. The highest BCUT2D eigenvalue weighted by molar-refractivity contribution is 14.1. The third-order valence-corrected chi connectivity index (χ3v) is 3.08. The lowest BCUT2D eigenvalue weighted by Gasteiger charge is -2.07. The molecular weight excluding hydrogens is 324 g/mol. The van der Waals surface area contributed by atoms with Gasteiger partial charge in [0.25, 0.3) is 6.43 Å². The van der Waals surface area contributed by atoms with Crippen molar-refractivity contribution in [3.63, 3.8) is 0 Å². The second-order valence-corrected chi connectivity index (χ2v) is 3.74. The normalized spacial score (nSPS) is 10.3. The van der Waals surface area contributed by atoms with Crippen molar-refractivity contribution < 1.29 is 8.78 Å². The fourth-order valence-corrected chi connectivity index (χ4v) is 2.28. The summed E-state index contributed by atoms with van der Waals surface area (Å²) in [5, 5.41) is 8.66. The van der Waals surface area contributed by atoms with Gasteiger partial charge in [-0.05, 0) is 22.6 Å². The Hall–Kier alpha value is -0.480. The maximum absolute atomic E-state index is 12.4. The molecule has 1 rings (SSSR count). The average molecular weight is 328 g/mol. The molecule has 1 aromatic rings. The third-order valence-electron chi connectivity index (χ3n) is 1.61. The maximum Gasteiger partial charge on any atom is 0.281 e. The van der Waals surface area contributed by atoms with Gasteiger partial charge < -0.3 is 0 Å². The first-order valence-corrected chi connectivity index (χ1v) is 5.14. The van der Waals surface area contributed by atoms with Crippen LogP contribution in [0.25, 0.3) is 0 Å². The summed E-state index contributed by atoms with van der Waals surface area (Å²) in [5.41, 5.74) is 0.342. The van der Waals surface area contributed by atoms with E-state index in [0.29, 0.717) is 5.56 Å². The zero-order valence-corrected chi connectivity index (χ0v) is 9.68. The van der Waals surface area contributed by atoms with Crippen LogP contribution in [0.2, 0.25) is 0 Å². The minimum Gasteiger partial charge on any atom is -0.253 e. The van der Waals surface area contributed by atoms with Gasteiger partial charge in [-0.25, -0.2) is 8.78 Å². The Bertz CT molecular complexity index is 390. The molecule has 0 saturated heterocycles. The molecule has 14 heavy (non-hydrogen) atoms. The number of pyridine rings is 1. The lowest BCUT2D eigenvalue weighted by Crippen LogP contribution is -2.01. The molecule has 0 bridgehead atoms. The van der Waals surface area contributed by atoms with Gasteiger partial charge in [0.15, 0.2) is 0 Å². The van der Waals surface area contributed by atoms with Crippen molar-refractivity contribution in [3.05, 3.63) is 26.6 Å².